The van der Waals surface area contributed by atoms with E-state index >= 15 is 0 Å². The molecule has 1 aromatic rings. The topological polar surface area (TPSA) is 78.4 Å². The van der Waals surface area contributed by atoms with E-state index in [2.05, 4.69) is 10.6 Å². The van der Waals surface area contributed by atoms with Gasteiger partial charge in [-0.05, 0) is 12.1 Å². The number of carboxylic acids is 1. The minimum absolute atomic E-state index is 0.0646. The molecule has 1 unspecified atom stereocenters. The van der Waals surface area contributed by atoms with Gasteiger partial charge in [0.2, 0.25) is 0 Å². The zero-order valence-electron chi connectivity index (χ0n) is 9.54. The summed E-state index contributed by atoms with van der Waals surface area (Å²) >= 11 is 0. The molecule has 18 heavy (non-hydrogen) atoms. The largest absolute Gasteiger partial charge is 0.481 e. The van der Waals surface area contributed by atoms with Crippen LogP contribution in [0.5, 0.6) is 0 Å². The predicted molar refractivity (Wildman–Crippen MR) is 60.2 cm³/mol. The highest BCUT2D eigenvalue weighted by Crippen LogP contribution is 2.12. The van der Waals surface area contributed by atoms with Crippen molar-refractivity contribution in [3.05, 3.63) is 29.8 Å². The second kappa shape index (κ2) is 5.95. The Kier molecular flexibility index (Phi) is 4.59. The molecular formula is C11H12F2N2O3. The van der Waals surface area contributed by atoms with Gasteiger partial charge in [0.15, 0.2) is 11.6 Å². The van der Waals surface area contributed by atoms with Crippen LogP contribution in [0, 0.1) is 17.6 Å². The summed E-state index contributed by atoms with van der Waals surface area (Å²) in [5.41, 5.74) is 0.0781. The Balaban J connectivity index is 2.49. The van der Waals surface area contributed by atoms with E-state index in [1.807, 2.05) is 0 Å². The molecule has 0 radical (unpaired) electrons. The Morgan fingerprint density at radius 2 is 2.00 bits per heavy atom. The Labute approximate surface area is 102 Å². The molecule has 0 fully saturated rings. The van der Waals surface area contributed by atoms with Crippen LogP contribution in [-0.2, 0) is 4.79 Å². The minimum Gasteiger partial charge on any atom is -0.481 e. The van der Waals surface area contributed by atoms with Crippen LogP contribution < -0.4 is 10.6 Å². The molecule has 1 rings (SSSR count). The zero-order chi connectivity index (χ0) is 13.7. The van der Waals surface area contributed by atoms with Gasteiger partial charge < -0.3 is 15.7 Å². The van der Waals surface area contributed by atoms with Gasteiger partial charge in [-0.1, -0.05) is 6.92 Å². The Hall–Kier alpha value is -2.18. The standard InChI is InChI=1S/C11H12F2N2O3/c1-6(10(16)17)5-14-11(18)15-7-2-3-8(12)9(13)4-7/h2-4,6H,5H2,1H3,(H,16,17)(H2,14,15,18). The first kappa shape index (κ1) is 13.9. The van der Waals surface area contributed by atoms with Gasteiger partial charge >= 0.3 is 12.0 Å². The molecule has 0 aromatic heterocycles. The van der Waals surface area contributed by atoms with Gasteiger partial charge in [0.1, 0.15) is 0 Å². The third-order valence-electron chi connectivity index (χ3n) is 2.17. The van der Waals surface area contributed by atoms with Crippen LogP contribution in [0.15, 0.2) is 18.2 Å². The molecule has 3 N–H and O–H groups in total. The molecule has 1 aromatic carbocycles. The highest BCUT2D eigenvalue weighted by Gasteiger charge is 2.12. The first-order valence-corrected chi connectivity index (χ1v) is 5.13. The quantitative estimate of drug-likeness (QED) is 0.770. The van der Waals surface area contributed by atoms with E-state index in [0.29, 0.717) is 0 Å². The highest BCUT2D eigenvalue weighted by molar-refractivity contribution is 5.89. The number of urea groups is 1. The van der Waals surface area contributed by atoms with Crippen molar-refractivity contribution in [2.24, 2.45) is 5.92 Å². The van der Waals surface area contributed by atoms with Crippen molar-refractivity contribution in [3.8, 4) is 0 Å². The van der Waals surface area contributed by atoms with E-state index in [0.717, 1.165) is 12.1 Å². The average Bonchev–Trinajstić information content (AvgIpc) is 2.30. The number of halogens is 2. The number of carbonyl (C=O) groups is 2. The van der Waals surface area contributed by atoms with Crippen molar-refractivity contribution in [1.82, 2.24) is 5.32 Å². The van der Waals surface area contributed by atoms with Crippen LogP contribution in [0.25, 0.3) is 0 Å². The van der Waals surface area contributed by atoms with Gasteiger partial charge in [-0.25, -0.2) is 13.6 Å². The summed E-state index contributed by atoms with van der Waals surface area (Å²) in [6.07, 6.45) is 0. The number of aliphatic carboxylic acids is 1. The average molecular weight is 258 g/mol. The number of nitrogens with one attached hydrogen (secondary N) is 2. The number of carboxylic acid groups (broad SMARTS) is 1. The maximum Gasteiger partial charge on any atom is 0.319 e. The van der Waals surface area contributed by atoms with Crippen molar-refractivity contribution in [2.75, 3.05) is 11.9 Å². The van der Waals surface area contributed by atoms with Crippen LogP contribution in [0.1, 0.15) is 6.92 Å². The first-order chi connectivity index (χ1) is 8.40. The number of hydrogen-bond acceptors (Lipinski definition) is 2. The number of carbonyl (C=O) groups excluding carboxylic acids is 1. The lowest BCUT2D eigenvalue weighted by Gasteiger charge is -2.10. The summed E-state index contributed by atoms with van der Waals surface area (Å²) < 4.78 is 25.4. The van der Waals surface area contributed by atoms with E-state index in [4.69, 9.17) is 5.11 Å². The van der Waals surface area contributed by atoms with Crippen molar-refractivity contribution >= 4 is 17.7 Å². The van der Waals surface area contributed by atoms with E-state index in [-0.39, 0.29) is 12.2 Å². The second-order valence-corrected chi connectivity index (χ2v) is 3.70. The summed E-state index contributed by atoms with van der Waals surface area (Å²) in [4.78, 5) is 21.8. The molecule has 0 aliphatic heterocycles. The van der Waals surface area contributed by atoms with Crippen LogP contribution in [-0.4, -0.2) is 23.7 Å². The summed E-state index contributed by atoms with van der Waals surface area (Å²) in [5, 5.41) is 13.1. The Morgan fingerprint density at radius 1 is 1.33 bits per heavy atom. The van der Waals surface area contributed by atoms with Gasteiger partial charge in [-0.3, -0.25) is 4.79 Å². The molecule has 5 nitrogen and oxygen atoms in total. The number of benzene rings is 1. The molecule has 2 amide bonds. The normalized spacial score (nSPS) is 11.7. The summed E-state index contributed by atoms with van der Waals surface area (Å²) in [5.74, 6) is -3.86. The van der Waals surface area contributed by atoms with Gasteiger partial charge in [0, 0.05) is 18.3 Å². The maximum atomic E-state index is 12.8. The molecule has 7 heteroatoms. The van der Waals surface area contributed by atoms with Crippen LogP contribution in [0.2, 0.25) is 0 Å². The summed E-state index contributed by atoms with van der Waals surface area (Å²) in [7, 11) is 0. The predicted octanol–water partition coefficient (Wildman–Crippen LogP) is 1.81. The SMILES string of the molecule is CC(CNC(=O)Nc1ccc(F)c(F)c1)C(=O)O. The van der Waals surface area contributed by atoms with Gasteiger partial charge in [0.05, 0.1) is 5.92 Å². The summed E-state index contributed by atoms with van der Waals surface area (Å²) in [6, 6.07) is 2.22. The van der Waals surface area contributed by atoms with Crippen LogP contribution >= 0.6 is 0 Å². The highest BCUT2D eigenvalue weighted by atomic mass is 19.2. The van der Waals surface area contributed by atoms with Gasteiger partial charge in [0.25, 0.3) is 0 Å². The first-order valence-electron chi connectivity index (χ1n) is 5.13. The molecule has 98 valence electrons. The third-order valence-corrected chi connectivity index (χ3v) is 2.17. The number of amides is 2. The number of hydrogen-bond donors (Lipinski definition) is 3. The molecule has 0 aliphatic carbocycles. The fourth-order valence-electron chi connectivity index (χ4n) is 1.08. The lowest BCUT2D eigenvalue weighted by Crippen LogP contribution is -2.34. The molecule has 0 heterocycles. The maximum absolute atomic E-state index is 12.8. The van der Waals surface area contributed by atoms with Gasteiger partial charge in [-0.2, -0.15) is 0 Å². The van der Waals surface area contributed by atoms with Crippen molar-refractivity contribution < 1.29 is 23.5 Å². The smallest absolute Gasteiger partial charge is 0.319 e. The molecule has 1 atom stereocenters. The van der Waals surface area contributed by atoms with E-state index in [1.54, 1.807) is 0 Å². The molecule has 0 aliphatic rings. The number of anilines is 1. The van der Waals surface area contributed by atoms with Gasteiger partial charge in [-0.15, -0.1) is 0 Å². The molecule has 0 spiro atoms. The van der Waals surface area contributed by atoms with Crippen molar-refractivity contribution in [1.29, 1.82) is 0 Å². The Bertz CT molecular complexity index is 466. The molecule has 0 saturated heterocycles. The van der Waals surface area contributed by atoms with Crippen LogP contribution in [0.3, 0.4) is 0 Å². The Morgan fingerprint density at radius 3 is 2.56 bits per heavy atom. The van der Waals surface area contributed by atoms with E-state index in [9.17, 15) is 18.4 Å². The summed E-state index contributed by atoms with van der Waals surface area (Å²) in [6.45, 7) is 1.37. The molecular weight excluding hydrogens is 246 g/mol. The minimum atomic E-state index is -1.08. The van der Waals surface area contributed by atoms with Crippen molar-refractivity contribution in [3.63, 3.8) is 0 Å². The third kappa shape index (κ3) is 4.00. The monoisotopic (exact) mass is 258 g/mol. The van der Waals surface area contributed by atoms with Crippen LogP contribution in [0.4, 0.5) is 19.3 Å². The second-order valence-electron chi connectivity index (χ2n) is 3.70. The number of rotatable bonds is 4. The fourth-order valence-corrected chi connectivity index (χ4v) is 1.08. The lowest BCUT2D eigenvalue weighted by atomic mass is 10.2. The van der Waals surface area contributed by atoms with E-state index in [1.165, 1.54) is 13.0 Å². The molecule has 0 saturated carbocycles. The fraction of sp³-hybridized carbons (Fsp3) is 0.273. The van der Waals surface area contributed by atoms with E-state index < -0.39 is 29.6 Å². The zero-order valence-corrected chi connectivity index (χ0v) is 9.54. The lowest BCUT2D eigenvalue weighted by molar-refractivity contribution is -0.140. The van der Waals surface area contributed by atoms with Crippen molar-refractivity contribution in [2.45, 2.75) is 6.92 Å². The molecule has 0 bridgehead atoms.